The lowest BCUT2D eigenvalue weighted by atomic mass is 10.1. The van der Waals surface area contributed by atoms with Gasteiger partial charge in [-0.3, -0.25) is 4.31 Å². The van der Waals surface area contributed by atoms with Crippen LogP contribution in [0.1, 0.15) is 5.56 Å². The van der Waals surface area contributed by atoms with Gasteiger partial charge in [-0.15, -0.1) is 11.3 Å². The van der Waals surface area contributed by atoms with Crippen LogP contribution in [0.15, 0.2) is 63.3 Å². The minimum absolute atomic E-state index is 0.0167. The third-order valence-corrected chi connectivity index (χ3v) is 7.32. The van der Waals surface area contributed by atoms with Gasteiger partial charge in [0.1, 0.15) is 9.77 Å². The first-order chi connectivity index (χ1) is 14.3. The Kier molecular flexibility index (Phi) is 5.12. The van der Waals surface area contributed by atoms with Crippen molar-refractivity contribution in [1.29, 1.82) is 0 Å². The molecule has 0 radical (unpaired) electrons. The summed E-state index contributed by atoms with van der Waals surface area (Å²) in [6.45, 7) is 1.96. The Labute approximate surface area is 175 Å². The average Bonchev–Trinajstić information content (AvgIpc) is 3.39. The molecule has 30 heavy (non-hydrogen) atoms. The normalized spacial score (nSPS) is 11.6. The highest BCUT2D eigenvalue weighted by Crippen LogP contribution is 2.35. The number of anilines is 1. The molecule has 2 heterocycles. The molecular formula is C20H15F2N3O3S2. The minimum Gasteiger partial charge on any atom is -0.333 e. The summed E-state index contributed by atoms with van der Waals surface area (Å²) in [5, 5.41) is 5.52. The molecule has 0 atom stereocenters. The fourth-order valence-corrected chi connectivity index (χ4v) is 5.26. The van der Waals surface area contributed by atoms with Gasteiger partial charge in [0.2, 0.25) is 5.82 Å². The van der Waals surface area contributed by atoms with E-state index in [2.05, 4.69) is 10.1 Å². The number of thiophene rings is 1. The first-order valence-electron chi connectivity index (χ1n) is 8.70. The molecule has 0 aliphatic heterocycles. The summed E-state index contributed by atoms with van der Waals surface area (Å²) in [4.78, 5) is 4.51. The highest BCUT2D eigenvalue weighted by Gasteiger charge is 2.29. The molecular weight excluding hydrogens is 432 g/mol. The third-order valence-electron chi connectivity index (χ3n) is 4.46. The largest absolute Gasteiger partial charge is 0.333 e. The molecule has 0 spiro atoms. The van der Waals surface area contributed by atoms with Crippen LogP contribution < -0.4 is 4.31 Å². The molecule has 0 aliphatic carbocycles. The van der Waals surface area contributed by atoms with Crippen molar-refractivity contribution in [2.45, 2.75) is 11.8 Å². The van der Waals surface area contributed by atoms with Crippen molar-refractivity contribution in [3.8, 4) is 22.2 Å². The maximum atomic E-state index is 13.6. The van der Waals surface area contributed by atoms with Crippen LogP contribution in [0.2, 0.25) is 0 Å². The van der Waals surface area contributed by atoms with Crippen LogP contribution >= 0.6 is 11.3 Å². The van der Waals surface area contributed by atoms with Crippen LogP contribution in [0.4, 0.5) is 14.5 Å². The topological polar surface area (TPSA) is 76.3 Å². The third kappa shape index (κ3) is 3.59. The Morgan fingerprint density at radius 2 is 1.77 bits per heavy atom. The first-order valence-corrected chi connectivity index (χ1v) is 11.0. The summed E-state index contributed by atoms with van der Waals surface area (Å²) in [7, 11) is -2.83. The van der Waals surface area contributed by atoms with Gasteiger partial charge in [0.15, 0.2) is 11.6 Å². The number of rotatable bonds is 5. The molecule has 0 amide bonds. The van der Waals surface area contributed by atoms with E-state index < -0.39 is 21.7 Å². The molecule has 0 saturated heterocycles. The van der Waals surface area contributed by atoms with Crippen LogP contribution in [-0.4, -0.2) is 25.6 Å². The second kappa shape index (κ2) is 7.62. The average molecular weight is 447 g/mol. The molecule has 0 aliphatic rings. The zero-order valence-corrected chi connectivity index (χ0v) is 17.5. The van der Waals surface area contributed by atoms with E-state index in [0.717, 1.165) is 38.9 Å². The molecule has 4 rings (SSSR count). The van der Waals surface area contributed by atoms with Crippen molar-refractivity contribution in [2.24, 2.45) is 0 Å². The quantitative estimate of drug-likeness (QED) is 0.436. The van der Waals surface area contributed by atoms with E-state index in [1.54, 1.807) is 5.38 Å². The number of nitrogens with zero attached hydrogens (tertiary/aromatic N) is 3. The first kappa shape index (κ1) is 20.2. The van der Waals surface area contributed by atoms with Gasteiger partial charge >= 0.3 is 0 Å². The van der Waals surface area contributed by atoms with E-state index in [0.29, 0.717) is 5.82 Å². The SMILES string of the molecule is Cc1ccc(-c2noc(-c3sccc3S(=O)(=O)N(C)c3ccc(F)c(F)c3)n2)cc1. The summed E-state index contributed by atoms with van der Waals surface area (Å²) in [5.74, 6) is -1.82. The van der Waals surface area contributed by atoms with E-state index in [1.165, 1.54) is 19.2 Å². The Morgan fingerprint density at radius 3 is 2.47 bits per heavy atom. The fraction of sp³-hybridized carbons (Fsp3) is 0.100. The second-order valence-electron chi connectivity index (χ2n) is 6.47. The van der Waals surface area contributed by atoms with E-state index in [1.807, 2.05) is 31.2 Å². The minimum atomic E-state index is -4.09. The molecule has 6 nitrogen and oxygen atoms in total. The second-order valence-corrected chi connectivity index (χ2v) is 9.33. The Morgan fingerprint density at radius 1 is 1.03 bits per heavy atom. The highest BCUT2D eigenvalue weighted by molar-refractivity contribution is 7.93. The van der Waals surface area contributed by atoms with Crippen molar-refractivity contribution in [3.05, 3.63) is 71.1 Å². The van der Waals surface area contributed by atoms with Crippen LogP contribution in [0.25, 0.3) is 22.2 Å². The van der Waals surface area contributed by atoms with Gasteiger partial charge in [0.05, 0.1) is 5.69 Å². The molecule has 0 bridgehead atoms. The number of hydrogen-bond acceptors (Lipinski definition) is 6. The summed E-state index contributed by atoms with van der Waals surface area (Å²) in [5.41, 5.74) is 1.79. The summed E-state index contributed by atoms with van der Waals surface area (Å²) >= 11 is 1.12. The molecule has 2 aromatic heterocycles. The predicted octanol–water partition coefficient (Wildman–Crippen LogP) is 4.88. The lowest BCUT2D eigenvalue weighted by Crippen LogP contribution is -2.26. The summed E-state index contributed by atoms with van der Waals surface area (Å²) < 4.78 is 59.2. The molecule has 0 unspecified atom stereocenters. The number of aryl methyl sites for hydroxylation is 1. The standard InChI is InChI=1S/C20H15F2N3O3S2/c1-12-3-5-13(6-4-12)19-23-20(28-24-19)18-17(9-10-29-18)30(26,27)25(2)14-7-8-15(21)16(22)11-14/h3-11H,1-2H3. The molecule has 10 heteroatoms. The Bertz CT molecular complexity index is 1320. The van der Waals surface area contributed by atoms with Crippen molar-refractivity contribution < 1.29 is 21.7 Å². The van der Waals surface area contributed by atoms with Gasteiger partial charge in [0, 0.05) is 18.7 Å². The summed E-state index contributed by atoms with van der Waals surface area (Å²) in [6.07, 6.45) is 0. The van der Waals surface area contributed by atoms with E-state index in [4.69, 9.17) is 4.52 Å². The van der Waals surface area contributed by atoms with Gasteiger partial charge in [0.25, 0.3) is 15.9 Å². The molecule has 2 aromatic carbocycles. The lowest BCUT2D eigenvalue weighted by molar-refractivity contribution is 0.432. The van der Waals surface area contributed by atoms with Gasteiger partial charge in [-0.2, -0.15) is 4.98 Å². The van der Waals surface area contributed by atoms with Crippen molar-refractivity contribution in [3.63, 3.8) is 0 Å². The van der Waals surface area contributed by atoms with E-state index in [9.17, 15) is 17.2 Å². The van der Waals surface area contributed by atoms with Crippen LogP contribution in [0.5, 0.6) is 0 Å². The van der Waals surface area contributed by atoms with Gasteiger partial charge in [-0.25, -0.2) is 17.2 Å². The lowest BCUT2D eigenvalue weighted by Gasteiger charge is -2.19. The Balaban J connectivity index is 1.70. The molecule has 0 saturated carbocycles. The van der Waals surface area contributed by atoms with Crippen LogP contribution in [0, 0.1) is 18.6 Å². The highest BCUT2D eigenvalue weighted by atomic mass is 32.2. The van der Waals surface area contributed by atoms with E-state index >= 15 is 0 Å². The number of sulfonamides is 1. The number of hydrogen-bond donors (Lipinski definition) is 0. The zero-order valence-electron chi connectivity index (χ0n) is 15.8. The zero-order chi connectivity index (χ0) is 21.5. The Hall–Kier alpha value is -3.11. The molecule has 0 N–H and O–H groups in total. The van der Waals surface area contributed by atoms with Crippen LogP contribution in [-0.2, 0) is 10.0 Å². The number of aromatic nitrogens is 2. The van der Waals surface area contributed by atoms with Crippen molar-refractivity contribution >= 4 is 27.0 Å². The maximum Gasteiger partial charge on any atom is 0.269 e. The number of halogens is 2. The summed E-state index contributed by atoms with van der Waals surface area (Å²) in [6, 6.07) is 11.8. The van der Waals surface area contributed by atoms with Crippen molar-refractivity contribution in [2.75, 3.05) is 11.4 Å². The predicted molar refractivity (Wildman–Crippen MR) is 110 cm³/mol. The van der Waals surface area contributed by atoms with Crippen LogP contribution in [0.3, 0.4) is 0 Å². The fourth-order valence-electron chi connectivity index (χ4n) is 2.76. The number of benzene rings is 2. The monoisotopic (exact) mass is 447 g/mol. The molecule has 154 valence electrons. The smallest absolute Gasteiger partial charge is 0.269 e. The van der Waals surface area contributed by atoms with Crippen molar-refractivity contribution in [1.82, 2.24) is 10.1 Å². The van der Waals surface area contributed by atoms with Gasteiger partial charge in [-0.1, -0.05) is 35.0 Å². The van der Waals surface area contributed by atoms with Gasteiger partial charge < -0.3 is 4.52 Å². The molecule has 0 fully saturated rings. The van der Waals surface area contributed by atoms with Gasteiger partial charge in [-0.05, 0) is 30.5 Å². The maximum absolute atomic E-state index is 13.6. The van der Waals surface area contributed by atoms with E-state index in [-0.39, 0.29) is 21.4 Å². The molecule has 4 aromatic rings.